The fourth-order valence-corrected chi connectivity index (χ4v) is 3.05. The summed E-state index contributed by atoms with van der Waals surface area (Å²) in [5.74, 6) is 0.374. The van der Waals surface area contributed by atoms with Gasteiger partial charge in [-0.2, -0.15) is 5.10 Å². The third-order valence-corrected chi connectivity index (χ3v) is 4.99. The number of hydrazone groups is 1. The number of benzene rings is 2. The van der Waals surface area contributed by atoms with Crippen LogP contribution < -0.4 is 11.0 Å². The minimum absolute atomic E-state index is 0.119. The number of methoxy groups -OCH3 is 1. The zero-order chi connectivity index (χ0) is 20.1. The Bertz CT molecular complexity index is 1080. The molecule has 0 aliphatic carbocycles. The van der Waals surface area contributed by atoms with E-state index in [0.29, 0.717) is 52.2 Å². The molecule has 3 aromatic rings. The predicted octanol–water partition coefficient (Wildman–Crippen LogP) is 4.58. The van der Waals surface area contributed by atoms with E-state index in [2.05, 4.69) is 15.5 Å². The Labute approximate surface area is 172 Å². The maximum absolute atomic E-state index is 12.9. The highest BCUT2D eigenvalue weighted by atomic mass is 35.5. The van der Waals surface area contributed by atoms with Crippen molar-refractivity contribution in [3.05, 3.63) is 68.4 Å². The van der Waals surface area contributed by atoms with Crippen LogP contribution in [-0.4, -0.2) is 29.0 Å². The minimum atomic E-state index is -0.119. The summed E-state index contributed by atoms with van der Waals surface area (Å²) in [7, 11) is 1.63. The SMILES string of the molecule is COCCCn1c(N/N=C(/C)c2ccc(Cl)c(Cl)c2)nc2ccccc2c1=O. The van der Waals surface area contributed by atoms with Crippen LogP contribution in [0.15, 0.2) is 52.4 Å². The number of aromatic nitrogens is 2. The third-order valence-electron chi connectivity index (χ3n) is 4.25. The van der Waals surface area contributed by atoms with Crippen LogP contribution in [0.3, 0.4) is 0 Å². The molecule has 0 unspecified atom stereocenters. The summed E-state index contributed by atoms with van der Waals surface area (Å²) in [5.41, 5.74) is 4.92. The molecule has 8 heteroatoms. The Hall–Kier alpha value is -2.41. The summed E-state index contributed by atoms with van der Waals surface area (Å²) in [6.07, 6.45) is 0.681. The maximum Gasteiger partial charge on any atom is 0.262 e. The second kappa shape index (κ2) is 9.19. The van der Waals surface area contributed by atoms with Gasteiger partial charge in [-0.25, -0.2) is 10.4 Å². The fraction of sp³-hybridized carbons (Fsp3) is 0.250. The number of nitrogens with one attached hydrogen (secondary N) is 1. The van der Waals surface area contributed by atoms with E-state index in [4.69, 9.17) is 27.9 Å². The second-order valence-electron chi connectivity index (χ2n) is 6.19. The number of rotatable bonds is 7. The lowest BCUT2D eigenvalue weighted by molar-refractivity contribution is 0.190. The quantitative estimate of drug-likeness (QED) is 0.346. The van der Waals surface area contributed by atoms with Crippen molar-refractivity contribution in [1.29, 1.82) is 0 Å². The Morgan fingerprint density at radius 3 is 2.75 bits per heavy atom. The number of para-hydroxylation sites is 1. The van der Waals surface area contributed by atoms with E-state index in [1.54, 1.807) is 35.9 Å². The van der Waals surface area contributed by atoms with Gasteiger partial charge in [-0.3, -0.25) is 9.36 Å². The van der Waals surface area contributed by atoms with E-state index in [9.17, 15) is 4.79 Å². The van der Waals surface area contributed by atoms with Crippen LogP contribution in [0.1, 0.15) is 18.9 Å². The van der Waals surface area contributed by atoms with Crippen LogP contribution in [-0.2, 0) is 11.3 Å². The smallest absolute Gasteiger partial charge is 0.262 e. The minimum Gasteiger partial charge on any atom is -0.385 e. The Balaban J connectivity index is 1.97. The molecule has 3 rings (SSSR count). The molecule has 0 atom stereocenters. The largest absolute Gasteiger partial charge is 0.385 e. The third kappa shape index (κ3) is 4.52. The maximum atomic E-state index is 12.9. The van der Waals surface area contributed by atoms with Crippen molar-refractivity contribution in [2.75, 3.05) is 19.1 Å². The first-order chi connectivity index (χ1) is 13.5. The van der Waals surface area contributed by atoms with Crippen LogP contribution in [0.25, 0.3) is 10.9 Å². The van der Waals surface area contributed by atoms with Crippen LogP contribution >= 0.6 is 23.2 Å². The number of anilines is 1. The molecular formula is C20H20Cl2N4O2. The Kier molecular flexibility index (Phi) is 6.67. The van der Waals surface area contributed by atoms with Crippen LogP contribution in [0.2, 0.25) is 10.0 Å². The van der Waals surface area contributed by atoms with Gasteiger partial charge in [0, 0.05) is 20.3 Å². The van der Waals surface area contributed by atoms with E-state index in [0.717, 1.165) is 5.56 Å². The van der Waals surface area contributed by atoms with Gasteiger partial charge in [0.1, 0.15) is 0 Å². The first-order valence-electron chi connectivity index (χ1n) is 8.75. The highest BCUT2D eigenvalue weighted by molar-refractivity contribution is 6.42. The van der Waals surface area contributed by atoms with Crippen LogP contribution in [0, 0.1) is 0 Å². The van der Waals surface area contributed by atoms with Crippen LogP contribution in [0.4, 0.5) is 5.95 Å². The Morgan fingerprint density at radius 2 is 2.00 bits per heavy atom. The summed E-state index contributed by atoms with van der Waals surface area (Å²) in [4.78, 5) is 17.5. The van der Waals surface area contributed by atoms with Crippen molar-refractivity contribution < 1.29 is 4.74 Å². The van der Waals surface area contributed by atoms with E-state index in [1.165, 1.54) is 0 Å². The zero-order valence-corrected chi connectivity index (χ0v) is 17.1. The number of fused-ring (bicyclic) bond motifs is 1. The van der Waals surface area contributed by atoms with E-state index in [-0.39, 0.29) is 5.56 Å². The van der Waals surface area contributed by atoms with Gasteiger partial charge in [-0.1, -0.05) is 41.4 Å². The molecule has 28 heavy (non-hydrogen) atoms. The van der Waals surface area contributed by atoms with Crippen molar-refractivity contribution in [1.82, 2.24) is 9.55 Å². The van der Waals surface area contributed by atoms with Gasteiger partial charge in [0.25, 0.3) is 5.56 Å². The summed E-state index contributed by atoms with van der Waals surface area (Å²) in [6, 6.07) is 12.5. The molecule has 0 fully saturated rings. The van der Waals surface area contributed by atoms with E-state index in [1.807, 2.05) is 25.1 Å². The summed E-state index contributed by atoms with van der Waals surface area (Å²) in [5, 5.41) is 5.88. The van der Waals surface area contributed by atoms with E-state index >= 15 is 0 Å². The highest BCUT2D eigenvalue weighted by Gasteiger charge is 2.11. The molecule has 1 heterocycles. The number of hydrogen-bond donors (Lipinski definition) is 1. The molecule has 0 amide bonds. The molecule has 0 saturated carbocycles. The van der Waals surface area contributed by atoms with E-state index < -0.39 is 0 Å². The fourth-order valence-electron chi connectivity index (χ4n) is 2.75. The molecule has 0 saturated heterocycles. The predicted molar refractivity (Wildman–Crippen MR) is 115 cm³/mol. The van der Waals surface area contributed by atoms with Crippen molar-refractivity contribution in [3.63, 3.8) is 0 Å². The monoisotopic (exact) mass is 418 g/mol. The standard InChI is InChI=1S/C20H20Cl2N4O2/c1-13(14-8-9-16(21)17(22)12-14)24-25-20-23-18-7-4-3-6-15(18)19(27)26(20)10-5-11-28-2/h3-4,6-9,12H,5,10-11H2,1-2H3,(H,23,25)/b24-13-. The van der Waals surface area contributed by atoms with Crippen molar-refractivity contribution in [3.8, 4) is 0 Å². The molecule has 2 aromatic carbocycles. The average molecular weight is 419 g/mol. The first-order valence-corrected chi connectivity index (χ1v) is 9.51. The van der Waals surface area contributed by atoms with Gasteiger partial charge in [-0.05, 0) is 43.2 Å². The molecular weight excluding hydrogens is 399 g/mol. The van der Waals surface area contributed by atoms with Gasteiger partial charge in [0.2, 0.25) is 5.95 Å². The van der Waals surface area contributed by atoms with Gasteiger partial charge in [0.05, 0.1) is 26.7 Å². The molecule has 146 valence electrons. The first kappa shape index (κ1) is 20.3. The topological polar surface area (TPSA) is 68.5 Å². The van der Waals surface area contributed by atoms with Crippen molar-refractivity contribution in [2.24, 2.45) is 5.10 Å². The summed E-state index contributed by atoms with van der Waals surface area (Å²) in [6.45, 7) is 2.85. The molecule has 0 aliphatic heterocycles. The van der Waals surface area contributed by atoms with Gasteiger partial charge >= 0.3 is 0 Å². The second-order valence-corrected chi connectivity index (χ2v) is 7.01. The molecule has 0 bridgehead atoms. The zero-order valence-electron chi connectivity index (χ0n) is 15.6. The lowest BCUT2D eigenvalue weighted by Crippen LogP contribution is -2.25. The average Bonchev–Trinajstić information content (AvgIpc) is 2.70. The Morgan fingerprint density at radius 1 is 1.21 bits per heavy atom. The number of ether oxygens (including phenoxy) is 1. The van der Waals surface area contributed by atoms with Crippen LogP contribution in [0.5, 0.6) is 0 Å². The molecule has 0 spiro atoms. The summed E-state index contributed by atoms with van der Waals surface area (Å²) < 4.78 is 6.68. The van der Waals surface area contributed by atoms with Gasteiger partial charge in [-0.15, -0.1) is 0 Å². The van der Waals surface area contributed by atoms with Gasteiger partial charge in [0.15, 0.2) is 0 Å². The number of hydrogen-bond acceptors (Lipinski definition) is 5. The highest BCUT2D eigenvalue weighted by Crippen LogP contribution is 2.23. The lowest BCUT2D eigenvalue weighted by Gasteiger charge is -2.13. The molecule has 0 aliphatic rings. The lowest BCUT2D eigenvalue weighted by atomic mass is 10.1. The number of nitrogens with zero attached hydrogens (tertiary/aromatic N) is 3. The molecule has 6 nitrogen and oxygen atoms in total. The van der Waals surface area contributed by atoms with Crippen molar-refractivity contribution >= 4 is 45.8 Å². The molecule has 0 radical (unpaired) electrons. The normalized spacial score (nSPS) is 11.8. The van der Waals surface area contributed by atoms with Crippen molar-refractivity contribution in [2.45, 2.75) is 19.9 Å². The van der Waals surface area contributed by atoms with Gasteiger partial charge < -0.3 is 4.74 Å². The number of halogens is 2. The molecule has 1 aromatic heterocycles. The summed E-state index contributed by atoms with van der Waals surface area (Å²) >= 11 is 12.0. The molecule has 1 N–H and O–H groups in total.